The number of carbonyl (C=O) groups is 1. The highest BCUT2D eigenvalue weighted by Crippen LogP contribution is 2.30. The molecule has 0 bridgehead atoms. The number of anilines is 2. The number of aryl methyl sites for hydroxylation is 2. The lowest BCUT2D eigenvalue weighted by Crippen LogP contribution is -2.02. The Hall–Kier alpha value is -1.81. The molecule has 0 aromatic heterocycles. The molecule has 0 heterocycles. The summed E-state index contributed by atoms with van der Waals surface area (Å²) in [6, 6.07) is 11.5. The van der Waals surface area contributed by atoms with Gasteiger partial charge in [0, 0.05) is 10.2 Å². The minimum Gasteiger partial charge on any atom is -0.465 e. The van der Waals surface area contributed by atoms with Gasteiger partial charge in [0.2, 0.25) is 0 Å². The second-order valence-corrected chi connectivity index (χ2v) is 5.43. The molecular formula is C16H16BrNO2. The molecule has 20 heavy (non-hydrogen) atoms. The van der Waals surface area contributed by atoms with Crippen LogP contribution < -0.4 is 5.32 Å². The zero-order valence-electron chi connectivity index (χ0n) is 11.7. The van der Waals surface area contributed by atoms with E-state index < -0.39 is 0 Å². The van der Waals surface area contributed by atoms with E-state index in [1.165, 1.54) is 18.2 Å². The van der Waals surface area contributed by atoms with E-state index in [9.17, 15) is 4.79 Å². The molecule has 0 saturated heterocycles. The summed E-state index contributed by atoms with van der Waals surface area (Å²) in [6.07, 6.45) is 0. The Labute approximate surface area is 127 Å². The topological polar surface area (TPSA) is 38.3 Å². The van der Waals surface area contributed by atoms with E-state index in [-0.39, 0.29) is 5.97 Å². The second-order valence-electron chi connectivity index (χ2n) is 4.58. The first-order chi connectivity index (χ1) is 9.52. The highest BCUT2D eigenvalue weighted by Gasteiger charge is 2.10. The molecule has 2 rings (SSSR count). The molecule has 0 aliphatic rings. The lowest BCUT2D eigenvalue weighted by molar-refractivity contribution is 0.0600. The Kier molecular flexibility index (Phi) is 4.45. The van der Waals surface area contributed by atoms with E-state index in [0.29, 0.717) is 5.56 Å². The van der Waals surface area contributed by atoms with Crippen molar-refractivity contribution in [2.24, 2.45) is 0 Å². The number of hydrogen-bond donors (Lipinski definition) is 1. The normalized spacial score (nSPS) is 10.2. The molecule has 0 unspecified atom stereocenters. The van der Waals surface area contributed by atoms with Crippen LogP contribution in [0.3, 0.4) is 0 Å². The van der Waals surface area contributed by atoms with Crippen molar-refractivity contribution in [1.29, 1.82) is 0 Å². The maximum absolute atomic E-state index is 11.5. The Balaban J connectivity index is 2.33. The number of para-hydroxylation sites is 1. The number of esters is 1. The summed E-state index contributed by atoms with van der Waals surface area (Å²) in [5, 5.41) is 3.39. The fourth-order valence-electron chi connectivity index (χ4n) is 2.01. The number of benzene rings is 2. The molecule has 0 aliphatic heterocycles. The standard InChI is InChI=1S/C16H16BrNO2/c1-10-5-4-6-11(2)15(10)18-14-8-7-12(9-13(14)17)16(19)20-3/h4-9,18H,1-3H3. The summed E-state index contributed by atoms with van der Waals surface area (Å²) in [6.45, 7) is 4.12. The molecule has 0 atom stereocenters. The zero-order chi connectivity index (χ0) is 14.7. The van der Waals surface area contributed by atoms with Gasteiger partial charge in [-0.25, -0.2) is 4.79 Å². The predicted octanol–water partition coefficient (Wildman–Crippen LogP) is 4.60. The van der Waals surface area contributed by atoms with Crippen LogP contribution in [-0.4, -0.2) is 13.1 Å². The summed E-state index contributed by atoms with van der Waals surface area (Å²) in [5.74, 6) is -0.343. The first-order valence-electron chi connectivity index (χ1n) is 6.24. The lowest BCUT2D eigenvalue weighted by Gasteiger charge is -2.14. The lowest BCUT2D eigenvalue weighted by atomic mass is 10.1. The van der Waals surface area contributed by atoms with Gasteiger partial charge in [-0.05, 0) is 59.1 Å². The van der Waals surface area contributed by atoms with Crippen molar-refractivity contribution >= 4 is 33.3 Å². The molecule has 3 nitrogen and oxygen atoms in total. The molecule has 104 valence electrons. The molecule has 0 amide bonds. The van der Waals surface area contributed by atoms with Gasteiger partial charge >= 0.3 is 5.97 Å². The number of ether oxygens (including phenoxy) is 1. The van der Waals surface area contributed by atoms with Crippen LogP contribution in [0.5, 0.6) is 0 Å². The average Bonchev–Trinajstić information content (AvgIpc) is 2.43. The van der Waals surface area contributed by atoms with Gasteiger partial charge in [0.1, 0.15) is 0 Å². The van der Waals surface area contributed by atoms with Crippen LogP contribution in [0, 0.1) is 13.8 Å². The number of carbonyl (C=O) groups excluding carboxylic acids is 1. The van der Waals surface area contributed by atoms with E-state index in [2.05, 4.69) is 47.2 Å². The monoisotopic (exact) mass is 333 g/mol. The van der Waals surface area contributed by atoms with Crippen molar-refractivity contribution in [3.63, 3.8) is 0 Å². The van der Waals surface area contributed by atoms with E-state index in [4.69, 9.17) is 4.74 Å². The number of methoxy groups -OCH3 is 1. The van der Waals surface area contributed by atoms with Crippen LogP contribution >= 0.6 is 15.9 Å². The molecule has 2 aromatic carbocycles. The molecule has 0 saturated carbocycles. The largest absolute Gasteiger partial charge is 0.465 e. The highest BCUT2D eigenvalue weighted by molar-refractivity contribution is 9.10. The molecular weight excluding hydrogens is 318 g/mol. The van der Waals surface area contributed by atoms with Gasteiger partial charge in [0.15, 0.2) is 0 Å². The fourth-order valence-corrected chi connectivity index (χ4v) is 2.49. The van der Waals surface area contributed by atoms with Crippen molar-refractivity contribution in [3.05, 3.63) is 57.6 Å². The van der Waals surface area contributed by atoms with Crippen LogP contribution in [0.2, 0.25) is 0 Å². The minimum atomic E-state index is -0.343. The Morgan fingerprint density at radius 1 is 1.15 bits per heavy atom. The van der Waals surface area contributed by atoms with Gasteiger partial charge in [-0.1, -0.05) is 18.2 Å². The first-order valence-corrected chi connectivity index (χ1v) is 7.03. The molecule has 4 heteroatoms. The molecule has 0 aliphatic carbocycles. The molecule has 1 N–H and O–H groups in total. The van der Waals surface area contributed by atoms with Crippen molar-refractivity contribution in [3.8, 4) is 0 Å². The smallest absolute Gasteiger partial charge is 0.337 e. The third-order valence-electron chi connectivity index (χ3n) is 3.13. The Morgan fingerprint density at radius 3 is 2.35 bits per heavy atom. The van der Waals surface area contributed by atoms with Crippen LogP contribution in [0.4, 0.5) is 11.4 Å². The van der Waals surface area contributed by atoms with E-state index in [1.54, 1.807) is 12.1 Å². The third-order valence-corrected chi connectivity index (χ3v) is 3.79. The summed E-state index contributed by atoms with van der Waals surface area (Å²) >= 11 is 3.48. The number of halogens is 1. The van der Waals surface area contributed by atoms with Crippen LogP contribution in [0.1, 0.15) is 21.5 Å². The van der Waals surface area contributed by atoms with Crippen LogP contribution in [0.15, 0.2) is 40.9 Å². The SMILES string of the molecule is COC(=O)c1ccc(Nc2c(C)cccc2C)c(Br)c1. The average molecular weight is 334 g/mol. The molecule has 0 spiro atoms. The summed E-state index contributed by atoms with van der Waals surface area (Å²) in [7, 11) is 1.37. The van der Waals surface area contributed by atoms with Crippen molar-refractivity contribution < 1.29 is 9.53 Å². The quantitative estimate of drug-likeness (QED) is 0.834. The van der Waals surface area contributed by atoms with Gasteiger partial charge in [-0.2, -0.15) is 0 Å². The first kappa shape index (κ1) is 14.6. The van der Waals surface area contributed by atoms with Crippen molar-refractivity contribution in [1.82, 2.24) is 0 Å². The predicted molar refractivity (Wildman–Crippen MR) is 84.7 cm³/mol. The van der Waals surface area contributed by atoms with Gasteiger partial charge in [0.05, 0.1) is 18.4 Å². The number of hydrogen-bond acceptors (Lipinski definition) is 3. The molecule has 0 radical (unpaired) electrons. The number of nitrogens with one attached hydrogen (secondary N) is 1. The van der Waals surface area contributed by atoms with Crippen LogP contribution in [-0.2, 0) is 4.74 Å². The summed E-state index contributed by atoms with van der Waals surface area (Å²) < 4.78 is 5.53. The van der Waals surface area contributed by atoms with Crippen molar-refractivity contribution in [2.45, 2.75) is 13.8 Å². The van der Waals surface area contributed by atoms with Gasteiger partial charge in [-0.15, -0.1) is 0 Å². The van der Waals surface area contributed by atoms with Gasteiger partial charge in [-0.3, -0.25) is 0 Å². The number of rotatable bonds is 3. The maximum Gasteiger partial charge on any atom is 0.337 e. The van der Waals surface area contributed by atoms with Crippen molar-refractivity contribution in [2.75, 3.05) is 12.4 Å². The Morgan fingerprint density at radius 2 is 1.80 bits per heavy atom. The third kappa shape index (κ3) is 3.02. The zero-order valence-corrected chi connectivity index (χ0v) is 13.2. The summed E-state index contributed by atoms with van der Waals surface area (Å²) in [4.78, 5) is 11.5. The highest BCUT2D eigenvalue weighted by atomic mass is 79.9. The van der Waals surface area contributed by atoms with E-state index in [0.717, 1.165) is 15.8 Å². The minimum absolute atomic E-state index is 0.343. The fraction of sp³-hybridized carbons (Fsp3) is 0.188. The molecule has 2 aromatic rings. The van der Waals surface area contributed by atoms with Gasteiger partial charge < -0.3 is 10.1 Å². The molecule has 0 fully saturated rings. The summed E-state index contributed by atoms with van der Waals surface area (Å²) in [5.41, 5.74) is 4.86. The van der Waals surface area contributed by atoms with E-state index >= 15 is 0 Å². The second kappa shape index (κ2) is 6.09. The van der Waals surface area contributed by atoms with Gasteiger partial charge in [0.25, 0.3) is 0 Å². The Bertz CT molecular complexity index is 633. The van der Waals surface area contributed by atoms with E-state index in [1.807, 2.05) is 12.1 Å². The maximum atomic E-state index is 11.5. The van der Waals surface area contributed by atoms with Crippen LogP contribution in [0.25, 0.3) is 0 Å².